The Morgan fingerprint density at radius 2 is 1.88 bits per heavy atom. The van der Waals surface area contributed by atoms with E-state index in [0.717, 1.165) is 29.7 Å². The summed E-state index contributed by atoms with van der Waals surface area (Å²) in [6.07, 6.45) is 0.645. The Bertz CT molecular complexity index is 1800. The van der Waals surface area contributed by atoms with E-state index in [-0.39, 0.29) is 41.6 Å². The first kappa shape index (κ1) is 28.1. The maximum Gasteiger partial charge on any atom is 0.434 e. The van der Waals surface area contributed by atoms with Crippen molar-refractivity contribution in [1.29, 1.82) is 0 Å². The van der Waals surface area contributed by atoms with E-state index >= 15 is 4.39 Å². The second-order valence-corrected chi connectivity index (χ2v) is 10.9. The van der Waals surface area contributed by atoms with Gasteiger partial charge in [-0.3, -0.25) is 0 Å². The number of alkyl halides is 3. The Balaban J connectivity index is 1.32. The van der Waals surface area contributed by atoms with Crippen molar-refractivity contribution in [1.82, 2.24) is 34.5 Å². The van der Waals surface area contributed by atoms with Crippen LogP contribution in [0.25, 0.3) is 33.1 Å². The summed E-state index contributed by atoms with van der Waals surface area (Å²) in [4.78, 5) is 25.6. The van der Waals surface area contributed by atoms with Crippen LogP contribution in [0.2, 0.25) is 0 Å². The predicted octanol–water partition coefficient (Wildman–Crippen LogP) is 4.95. The third-order valence-electron chi connectivity index (χ3n) is 6.27. The standard InChI is InChI=1S/C26H19B2F4N7O2S/c1-25(27,28)41-23-17(18(13-3-4-13)34-11-35-23)21-36-15-5-6-42-20(15)24(38-21)40-10-12-7-14(29)19(33-8-12)22-37-16(9-39(22)2)26(30,31)32/h5-9,11,13H,3-4,10H2,1-2H3. The summed E-state index contributed by atoms with van der Waals surface area (Å²) in [6, 6.07) is 2.93. The quantitative estimate of drug-likeness (QED) is 0.185. The largest absolute Gasteiger partial charge is 0.491 e. The molecule has 5 aromatic rings. The van der Waals surface area contributed by atoms with Crippen LogP contribution in [0.15, 0.2) is 36.2 Å². The first-order valence-corrected chi connectivity index (χ1v) is 13.5. The molecule has 0 spiro atoms. The smallest absolute Gasteiger partial charge is 0.434 e. The monoisotopic (exact) mass is 591 g/mol. The normalized spacial score (nSPS) is 14.0. The molecular weight excluding hydrogens is 572 g/mol. The van der Waals surface area contributed by atoms with Gasteiger partial charge in [0, 0.05) is 36.3 Å². The fourth-order valence-electron chi connectivity index (χ4n) is 4.29. The molecule has 42 heavy (non-hydrogen) atoms. The molecule has 1 saturated carbocycles. The highest BCUT2D eigenvalue weighted by molar-refractivity contribution is 7.17. The number of aromatic nitrogens is 7. The minimum Gasteiger partial charge on any atom is -0.491 e. The highest BCUT2D eigenvalue weighted by Crippen LogP contribution is 2.46. The lowest BCUT2D eigenvalue weighted by atomic mass is 9.67. The van der Waals surface area contributed by atoms with E-state index in [0.29, 0.717) is 27.0 Å². The minimum absolute atomic E-state index is 0.129. The number of fused-ring (bicyclic) bond motifs is 1. The second kappa shape index (κ2) is 10.3. The summed E-state index contributed by atoms with van der Waals surface area (Å²) in [6.45, 7) is 1.34. The molecule has 210 valence electrons. The Hall–Kier alpha value is -4.07. The fourth-order valence-corrected chi connectivity index (χ4v) is 5.06. The first-order valence-electron chi connectivity index (χ1n) is 12.6. The number of aryl methyl sites for hydroxylation is 1. The van der Waals surface area contributed by atoms with Gasteiger partial charge in [-0.25, -0.2) is 29.3 Å². The summed E-state index contributed by atoms with van der Waals surface area (Å²) in [5, 5.41) is 0.299. The van der Waals surface area contributed by atoms with Gasteiger partial charge >= 0.3 is 6.18 Å². The summed E-state index contributed by atoms with van der Waals surface area (Å²) in [5.74, 6) is -0.344. The molecule has 0 unspecified atom stereocenters. The molecule has 0 aliphatic heterocycles. The maximum absolute atomic E-state index is 15.0. The third kappa shape index (κ3) is 5.67. The molecule has 5 aromatic heterocycles. The van der Waals surface area contributed by atoms with Gasteiger partial charge < -0.3 is 14.0 Å². The molecule has 16 heteroatoms. The molecule has 0 N–H and O–H groups in total. The van der Waals surface area contributed by atoms with Crippen molar-refractivity contribution < 1.29 is 27.0 Å². The lowest BCUT2D eigenvalue weighted by molar-refractivity contribution is -0.140. The van der Waals surface area contributed by atoms with Crippen molar-refractivity contribution in [3.63, 3.8) is 0 Å². The van der Waals surface area contributed by atoms with Gasteiger partial charge in [-0.15, -0.1) is 11.3 Å². The molecule has 1 aliphatic rings. The zero-order valence-corrected chi connectivity index (χ0v) is 23.0. The van der Waals surface area contributed by atoms with Crippen molar-refractivity contribution in [2.24, 2.45) is 7.05 Å². The molecule has 0 amide bonds. The molecule has 1 fully saturated rings. The van der Waals surface area contributed by atoms with Crippen LogP contribution < -0.4 is 9.47 Å². The van der Waals surface area contributed by atoms with E-state index in [2.05, 4.69) is 29.9 Å². The number of hydrogen-bond acceptors (Lipinski definition) is 9. The van der Waals surface area contributed by atoms with Gasteiger partial charge in [0.05, 0.1) is 11.2 Å². The van der Waals surface area contributed by atoms with Gasteiger partial charge in [-0.2, -0.15) is 18.2 Å². The lowest BCUT2D eigenvalue weighted by Gasteiger charge is -2.24. The Morgan fingerprint density at radius 1 is 1.10 bits per heavy atom. The van der Waals surface area contributed by atoms with Gasteiger partial charge in [0.25, 0.3) is 0 Å². The van der Waals surface area contributed by atoms with Crippen molar-refractivity contribution >= 4 is 37.2 Å². The topological polar surface area (TPSA) is 101 Å². The van der Waals surface area contributed by atoms with E-state index in [1.54, 1.807) is 6.07 Å². The zero-order valence-electron chi connectivity index (χ0n) is 22.2. The number of imidazole rings is 1. The van der Waals surface area contributed by atoms with Gasteiger partial charge in [0.1, 0.15) is 44.6 Å². The van der Waals surface area contributed by atoms with E-state index in [4.69, 9.17) is 25.2 Å². The van der Waals surface area contributed by atoms with E-state index < -0.39 is 23.1 Å². The molecule has 0 bridgehead atoms. The number of pyridine rings is 1. The van der Waals surface area contributed by atoms with E-state index in [9.17, 15) is 13.2 Å². The number of nitrogens with zero attached hydrogens (tertiary/aromatic N) is 7. The average Bonchev–Trinajstić information content (AvgIpc) is 3.51. The van der Waals surface area contributed by atoms with Crippen molar-refractivity contribution in [2.45, 2.75) is 43.9 Å². The maximum atomic E-state index is 15.0. The second-order valence-electron chi connectivity index (χ2n) is 10.0. The van der Waals surface area contributed by atoms with Gasteiger partial charge in [0.15, 0.2) is 23.2 Å². The van der Waals surface area contributed by atoms with Crippen LogP contribution in [0.3, 0.4) is 0 Å². The van der Waals surface area contributed by atoms with Crippen molar-refractivity contribution in [3.05, 3.63) is 59.0 Å². The molecule has 0 atom stereocenters. The van der Waals surface area contributed by atoms with Gasteiger partial charge in [-0.1, -0.05) is 0 Å². The molecule has 0 saturated heterocycles. The molecular formula is C26H19B2F4N7O2S. The number of halogens is 4. The van der Waals surface area contributed by atoms with E-state index in [1.807, 2.05) is 5.38 Å². The summed E-state index contributed by atoms with van der Waals surface area (Å²) in [7, 11) is 13.1. The van der Waals surface area contributed by atoms with Crippen LogP contribution in [0.4, 0.5) is 17.6 Å². The molecule has 9 nitrogen and oxygen atoms in total. The van der Waals surface area contributed by atoms with Crippen molar-refractivity contribution in [3.8, 4) is 34.7 Å². The van der Waals surface area contributed by atoms with Crippen LogP contribution in [0.5, 0.6) is 11.8 Å². The third-order valence-corrected chi connectivity index (χ3v) is 7.16. The zero-order chi connectivity index (χ0) is 29.8. The van der Waals surface area contributed by atoms with Gasteiger partial charge in [0.2, 0.25) is 11.8 Å². The number of hydrogen-bond donors (Lipinski definition) is 0. The Kier molecular flexibility index (Phi) is 6.90. The highest BCUT2D eigenvalue weighted by atomic mass is 32.1. The Morgan fingerprint density at radius 3 is 2.55 bits per heavy atom. The van der Waals surface area contributed by atoms with Crippen LogP contribution in [-0.4, -0.2) is 55.6 Å². The van der Waals surface area contributed by atoms with Crippen LogP contribution in [-0.2, 0) is 19.8 Å². The average molecular weight is 591 g/mol. The van der Waals surface area contributed by atoms with Gasteiger partial charge in [-0.05, 0) is 37.3 Å². The summed E-state index contributed by atoms with van der Waals surface area (Å²) >= 11 is 1.35. The minimum atomic E-state index is -4.67. The molecule has 0 aromatic carbocycles. The van der Waals surface area contributed by atoms with Crippen LogP contribution >= 0.6 is 11.3 Å². The fraction of sp³-hybridized carbons (Fsp3) is 0.308. The summed E-state index contributed by atoms with van der Waals surface area (Å²) < 4.78 is 67.7. The number of ether oxygens (including phenoxy) is 2. The lowest BCUT2D eigenvalue weighted by Crippen LogP contribution is -2.33. The van der Waals surface area contributed by atoms with E-state index in [1.165, 1.54) is 37.8 Å². The molecule has 1 aliphatic carbocycles. The number of thiophene rings is 1. The highest BCUT2D eigenvalue weighted by Gasteiger charge is 2.35. The molecule has 4 radical (unpaired) electrons. The predicted molar refractivity (Wildman–Crippen MR) is 147 cm³/mol. The molecule has 6 rings (SSSR count). The summed E-state index contributed by atoms with van der Waals surface area (Å²) in [5.41, 5.74) is 0.601. The van der Waals surface area contributed by atoms with Crippen molar-refractivity contribution in [2.75, 3.05) is 0 Å². The Labute approximate surface area is 243 Å². The first-order chi connectivity index (χ1) is 19.9. The van der Waals surface area contributed by atoms with Crippen LogP contribution in [0.1, 0.15) is 42.6 Å². The van der Waals surface area contributed by atoms with Crippen LogP contribution in [0, 0.1) is 5.82 Å². The number of rotatable bonds is 8. The SMILES string of the molecule is [B]C([B])(C)Oc1ncnc(C2CC2)c1-c1nc(OCc2cnc(-c3nc(C(F)(F)F)cn3C)c(F)c2)c2sccc2n1. The molecule has 5 heterocycles.